The van der Waals surface area contributed by atoms with Crippen molar-refractivity contribution < 1.29 is 14.3 Å². The Balaban J connectivity index is 1.44. The molecule has 1 saturated carbocycles. The number of aromatic nitrogens is 1. The third kappa shape index (κ3) is 3.61. The Morgan fingerprint density at radius 2 is 2.00 bits per heavy atom. The van der Waals surface area contributed by atoms with Crippen LogP contribution in [0.2, 0.25) is 0 Å². The first-order valence-corrected chi connectivity index (χ1v) is 9.47. The van der Waals surface area contributed by atoms with Crippen LogP contribution in [0.15, 0.2) is 36.5 Å². The van der Waals surface area contributed by atoms with E-state index in [9.17, 15) is 9.59 Å². The van der Waals surface area contributed by atoms with Gasteiger partial charge in [-0.05, 0) is 51.0 Å². The number of fused-ring (bicyclic) bond motifs is 2. The lowest BCUT2D eigenvalue weighted by Crippen LogP contribution is -2.47. The molecule has 0 unspecified atom stereocenters. The second-order valence-electron chi connectivity index (χ2n) is 8.43. The largest absolute Gasteiger partial charge is 0.444 e. The van der Waals surface area contributed by atoms with Gasteiger partial charge in [0.25, 0.3) is 5.91 Å². The van der Waals surface area contributed by atoms with E-state index in [4.69, 9.17) is 4.74 Å². The molecule has 0 radical (unpaired) electrons. The van der Waals surface area contributed by atoms with Crippen LogP contribution in [0, 0.1) is 5.92 Å². The first kappa shape index (κ1) is 17.8. The molecule has 27 heavy (non-hydrogen) atoms. The van der Waals surface area contributed by atoms with Gasteiger partial charge in [0.1, 0.15) is 11.3 Å². The van der Waals surface area contributed by atoms with Crippen molar-refractivity contribution in [1.29, 1.82) is 0 Å². The quantitative estimate of drug-likeness (QED) is 0.903. The van der Waals surface area contributed by atoms with Crippen LogP contribution in [0.4, 0.5) is 4.79 Å². The van der Waals surface area contributed by atoms with E-state index in [-0.39, 0.29) is 24.1 Å². The predicted molar refractivity (Wildman–Crippen MR) is 102 cm³/mol. The highest BCUT2D eigenvalue weighted by Crippen LogP contribution is 2.48. The zero-order chi connectivity index (χ0) is 19.2. The smallest absolute Gasteiger partial charge is 0.410 e. The van der Waals surface area contributed by atoms with Crippen LogP contribution in [0.5, 0.6) is 0 Å². The monoisotopic (exact) mass is 367 g/mol. The zero-order valence-corrected chi connectivity index (χ0v) is 15.9. The summed E-state index contributed by atoms with van der Waals surface area (Å²) in [5.41, 5.74) is -0.106. The van der Waals surface area contributed by atoms with Gasteiger partial charge in [0.15, 0.2) is 0 Å². The number of hydrogen-bond acceptors (Lipinski definition) is 4. The van der Waals surface area contributed by atoms with E-state index in [1.54, 1.807) is 6.20 Å². The van der Waals surface area contributed by atoms with Crippen molar-refractivity contribution in [3.8, 4) is 0 Å². The summed E-state index contributed by atoms with van der Waals surface area (Å²) in [7, 11) is 0. The van der Waals surface area contributed by atoms with Crippen molar-refractivity contribution in [2.75, 3.05) is 6.54 Å². The van der Waals surface area contributed by atoms with Crippen LogP contribution < -0.4 is 5.32 Å². The summed E-state index contributed by atoms with van der Waals surface area (Å²) in [6.07, 6.45) is 3.31. The number of pyridine rings is 1. The first-order chi connectivity index (χ1) is 12.8. The molecule has 2 fully saturated rings. The third-order valence-electron chi connectivity index (χ3n) is 5.20. The summed E-state index contributed by atoms with van der Waals surface area (Å²) < 4.78 is 5.56. The minimum absolute atomic E-state index is 0.0254. The average Bonchev–Trinajstić information content (AvgIpc) is 3.27. The standard InChI is InChI=1S/C21H25N3O3/c1-21(2,3)27-20(26)24-15(10-14-11-17(14)24)12-23-19(25)18-16-7-5-4-6-13(16)8-9-22-18/h4-9,14-15,17H,10-12H2,1-3H3,(H,23,25)/t14-,15+,17+/m1/s1. The number of ether oxygens (including phenoxy) is 1. The van der Waals surface area contributed by atoms with Gasteiger partial charge in [-0.15, -0.1) is 0 Å². The predicted octanol–water partition coefficient (Wildman–Crippen LogP) is 3.36. The highest BCUT2D eigenvalue weighted by atomic mass is 16.6. The van der Waals surface area contributed by atoms with Crippen molar-refractivity contribution in [2.24, 2.45) is 5.92 Å². The van der Waals surface area contributed by atoms with Gasteiger partial charge in [-0.1, -0.05) is 24.3 Å². The molecule has 1 aromatic heterocycles. The van der Waals surface area contributed by atoms with Crippen LogP contribution in [-0.2, 0) is 4.74 Å². The second kappa shape index (κ2) is 6.51. The van der Waals surface area contributed by atoms with E-state index in [0.717, 1.165) is 23.6 Å². The van der Waals surface area contributed by atoms with Gasteiger partial charge in [-0.2, -0.15) is 0 Å². The summed E-state index contributed by atoms with van der Waals surface area (Å²) in [5.74, 6) is 0.326. The number of piperidine rings is 1. The molecule has 0 spiro atoms. The Labute approximate surface area is 158 Å². The highest BCUT2D eigenvalue weighted by Gasteiger charge is 2.54. The molecule has 1 aliphatic heterocycles. The van der Waals surface area contributed by atoms with E-state index >= 15 is 0 Å². The van der Waals surface area contributed by atoms with E-state index in [2.05, 4.69) is 10.3 Å². The van der Waals surface area contributed by atoms with E-state index in [1.807, 2.05) is 56.0 Å². The number of rotatable bonds is 3. The van der Waals surface area contributed by atoms with Gasteiger partial charge in [0.05, 0.1) is 6.04 Å². The molecule has 1 aliphatic carbocycles. The molecule has 2 aromatic rings. The fourth-order valence-electron chi connectivity index (χ4n) is 3.94. The fraction of sp³-hybridized carbons (Fsp3) is 0.476. The maximum absolute atomic E-state index is 12.7. The van der Waals surface area contributed by atoms with Gasteiger partial charge in [-0.3, -0.25) is 9.78 Å². The topological polar surface area (TPSA) is 71.5 Å². The summed E-state index contributed by atoms with van der Waals surface area (Å²) in [4.78, 5) is 31.4. The second-order valence-corrected chi connectivity index (χ2v) is 8.43. The number of hydrogen-bond donors (Lipinski definition) is 1. The number of benzene rings is 1. The number of amides is 2. The number of nitrogens with one attached hydrogen (secondary N) is 1. The molecule has 1 N–H and O–H groups in total. The van der Waals surface area contributed by atoms with Gasteiger partial charge in [0, 0.05) is 24.2 Å². The lowest BCUT2D eigenvalue weighted by molar-refractivity contribution is 0.0183. The van der Waals surface area contributed by atoms with Crippen LogP contribution in [-0.4, -0.2) is 46.1 Å². The van der Waals surface area contributed by atoms with Crippen LogP contribution >= 0.6 is 0 Å². The number of nitrogens with zero attached hydrogens (tertiary/aromatic N) is 2. The Morgan fingerprint density at radius 3 is 2.78 bits per heavy atom. The molecule has 6 nitrogen and oxygen atoms in total. The summed E-state index contributed by atoms with van der Waals surface area (Å²) in [6.45, 7) is 6.02. The lowest BCUT2D eigenvalue weighted by atomic mass is 10.1. The van der Waals surface area contributed by atoms with Crippen LogP contribution in [0.1, 0.15) is 44.1 Å². The van der Waals surface area contributed by atoms with Gasteiger partial charge in [-0.25, -0.2) is 4.79 Å². The van der Waals surface area contributed by atoms with E-state index in [1.165, 1.54) is 0 Å². The van der Waals surface area contributed by atoms with Crippen molar-refractivity contribution in [3.05, 3.63) is 42.2 Å². The maximum atomic E-state index is 12.7. The third-order valence-corrected chi connectivity index (χ3v) is 5.20. The molecule has 4 rings (SSSR count). The summed E-state index contributed by atoms with van der Waals surface area (Å²) in [5, 5.41) is 4.78. The molecule has 142 valence electrons. The van der Waals surface area contributed by atoms with Crippen molar-refractivity contribution in [2.45, 2.75) is 51.3 Å². The Morgan fingerprint density at radius 1 is 1.22 bits per heavy atom. The SMILES string of the molecule is CC(C)(C)OC(=O)N1[C@H](CNC(=O)c2nccc3ccccc23)C[C@@H]2C[C@@H]21. The Hall–Kier alpha value is -2.63. The Kier molecular flexibility index (Phi) is 4.29. The molecule has 1 saturated heterocycles. The summed E-state index contributed by atoms with van der Waals surface area (Å²) >= 11 is 0. The zero-order valence-electron chi connectivity index (χ0n) is 15.9. The van der Waals surface area contributed by atoms with Crippen molar-refractivity contribution >= 4 is 22.8 Å². The average molecular weight is 367 g/mol. The Bertz CT molecular complexity index is 884. The van der Waals surface area contributed by atoms with Crippen molar-refractivity contribution in [3.63, 3.8) is 0 Å². The molecule has 1 aromatic carbocycles. The normalized spacial score (nSPS) is 23.8. The van der Waals surface area contributed by atoms with E-state index in [0.29, 0.717) is 18.2 Å². The molecule has 2 amide bonds. The van der Waals surface area contributed by atoms with Gasteiger partial charge in [0.2, 0.25) is 0 Å². The first-order valence-electron chi connectivity index (χ1n) is 9.47. The van der Waals surface area contributed by atoms with Crippen LogP contribution in [0.3, 0.4) is 0 Å². The maximum Gasteiger partial charge on any atom is 0.410 e. The fourth-order valence-corrected chi connectivity index (χ4v) is 3.94. The summed E-state index contributed by atoms with van der Waals surface area (Å²) in [6, 6.07) is 9.82. The van der Waals surface area contributed by atoms with Crippen molar-refractivity contribution in [1.82, 2.24) is 15.2 Å². The molecule has 0 bridgehead atoms. The van der Waals surface area contributed by atoms with Gasteiger partial charge >= 0.3 is 6.09 Å². The lowest BCUT2D eigenvalue weighted by Gasteiger charge is -2.30. The molecule has 6 heteroatoms. The minimum Gasteiger partial charge on any atom is -0.444 e. The molecule has 2 heterocycles. The van der Waals surface area contributed by atoms with Crippen LogP contribution in [0.25, 0.3) is 10.8 Å². The molecule has 2 aliphatic rings. The number of carbonyl (C=O) groups excluding carboxylic acids is 2. The number of likely N-dealkylation sites (tertiary alicyclic amines) is 1. The van der Waals surface area contributed by atoms with E-state index < -0.39 is 5.60 Å². The molecule has 3 atom stereocenters. The van der Waals surface area contributed by atoms with Gasteiger partial charge < -0.3 is 15.0 Å². The minimum atomic E-state index is -0.523. The number of carbonyl (C=O) groups is 2. The molecular weight excluding hydrogens is 342 g/mol. The molecular formula is C21H25N3O3. The highest BCUT2D eigenvalue weighted by molar-refractivity contribution is 6.05.